The van der Waals surface area contributed by atoms with Crippen LogP contribution in [0.25, 0.3) is 0 Å². The molecule has 0 aliphatic carbocycles. The monoisotopic (exact) mass is 218 g/mol. The third-order valence-electron chi connectivity index (χ3n) is 1.92. The standard InChI is InChI=1S/C9H14O4S/c1-6-7(9(2,3)10)5-8(13-6)14(4,11)12/h5,10H,1-4H3. The van der Waals surface area contributed by atoms with Crippen LogP contribution >= 0.6 is 0 Å². The van der Waals surface area contributed by atoms with Gasteiger partial charge in [0.15, 0.2) is 0 Å². The van der Waals surface area contributed by atoms with E-state index < -0.39 is 15.4 Å². The second-order valence-electron chi connectivity index (χ2n) is 3.87. The first-order valence-electron chi connectivity index (χ1n) is 4.15. The quantitative estimate of drug-likeness (QED) is 0.810. The molecule has 0 saturated heterocycles. The van der Waals surface area contributed by atoms with E-state index in [0.717, 1.165) is 6.26 Å². The molecule has 0 unspecified atom stereocenters. The molecule has 5 heteroatoms. The summed E-state index contributed by atoms with van der Waals surface area (Å²) in [5.74, 6) is 0.429. The number of aryl methyl sites for hydroxylation is 1. The highest BCUT2D eigenvalue weighted by molar-refractivity contribution is 7.90. The Morgan fingerprint density at radius 3 is 2.14 bits per heavy atom. The number of aliphatic hydroxyl groups is 1. The van der Waals surface area contributed by atoms with E-state index in [1.54, 1.807) is 20.8 Å². The van der Waals surface area contributed by atoms with E-state index >= 15 is 0 Å². The molecule has 1 heterocycles. The summed E-state index contributed by atoms with van der Waals surface area (Å²) in [5.41, 5.74) is -0.589. The fraction of sp³-hybridized carbons (Fsp3) is 0.556. The van der Waals surface area contributed by atoms with Gasteiger partial charge in [0, 0.05) is 17.9 Å². The maximum Gasteiger partial charge on any atom is 0.218 e. The van der Waals surface area contributed by atoms with Gasteiger partial charge in [0.25, 0.3) is 0 Å². The summed E-state index contributed by atoms with van der Waals surface area (Å²) in [6.45, 7) is 4.79. The van der Waals surface area contributed by atoms with Crippen LogP contribution < -0.4 is 0 Å². The van der Waals surface area contributed by atoms with Crippen LogP contribution in [-0.4, -0.2) is 19.8 Å². The second kappa shape index (κ2) is 3.10. The van der Waals surface area contributed by atoms with Gasteiger partial charge < -0.3 is 9.52 Å². The van der Waals surface area contributed by atoms with E-state index in [2.05, 4.69) is 0 Å². The molecule has 1 N–H and O–H groups in total. The Kier molecular flexibility index (Phi) is 2.49. The van der Waals surface area contributed by atoms with Crippen LogP contribution in [0.1, 0.15) is 25.2 Å². The number of rotatable bonds is 2. The lowest BCUT2D eigenvalue weighted by Crippen LogP contribution is -2.15. The summed E-state index contributed by atoms with van der Waals surface area (Å²) in [6.07, 6.45) is 1.07. The predicted octanol–water partition coefficient (Wildman–Crippen LogP) is 1.22. The molecule has 0 aliphatic heterocycles. The number of hydrogen-bond donors (Lipinski definition) is 1. The molecule has 1 aromatic rings. The summed E-state index contributed by atoms with van der Waals surface area (Å²) >= 11 is 0. The number of hydrogen-bond acceptors (Lipinski definition) is 4. The van der Waals surface area contributed by atoms with Crippen LogP contribution in [0.3, 0.4) is 0 Å². The van der Waals surface area contributed by atoms with E-state index in [-0.39, 0.29) is 5.09 Å². The Hall–Kier alpha value is -0.810. The summed E-state index contributed by atoms with van der Waals surface area (Å²) < 4.78 is 27.4. The summed E-state index contributed by atoms with van der Waals surface area (Å²) in [6, 6.07) is 1.37. The minimum atomic E-state index is -3.34. The molecule has 0 amide bonds. The minimum absolute atomic E-state index is 0.105. The molecule has 0 aromatic carbocycles. The first kappa shape index (κ1) is 11.3. The van der Waals surface area contributed by atoms with E-state index in [1.807, 2.05) is 0 Å². The average molecular weight is 218 g/mol. The van der Waals surface area contributed by atoms with E-state index in [9.17, 15) is 13.5 Å². The van der Waals surface area contributed by atoms with Gasteiger partial charge in [-0.1, -0.05) is 0 Å². The summed E-state index contributed by atoms with van der Waals surface area (Å²) in [5, 5.41) is 9.59. The first-order chi connectivity index (χ1) is 6.12. The Morgan fingerprint density at radius 2 is 1.93 bits per heavy atom. The first-order valence-corrected chi connectivity index (χ1v) is 6.05. The van der Waals surface area contributed by atoms with Crippen molar-refractivity contribution < 1.29 is 17.9 Å². The van der Waals surface area contributed by atoms with Crippen LogP contribution in [0, 0.1) is 6.92 Å². The molecule has 0 atom stereocenters. The SMILES string of the molecule is Cc1oc(S(C)(=O)=O)cc1C(C)(C)O. The average Bonchev–Trinajstić information content (AvgIpc) is 2.27. The van der Waals surface area contributed by atoms with Gasteiger partial charge in [-0.3, -0.25) is 0 Å². The molecule has 4 nitrogen and oxygen atoms in total. The van der Waals surface area contributed by atoms with Crippen molar-refractivity contribution in [3.05, 3.63) is 17.4 Å². The van der Waals surface area contributed by atoms with Crippen molar-refractivity contribution in [1.29, 1.82) is 0 Å². The maximum absolute atomic E-state index is 11.1. The lowest BCUT2D eigenvalue weighted by atomic mass is 10.00. The van der Waals surface area contributed by atoms with E-state index in [4.69, 9.17) is 4.42 Å². The van der Waals surface area contributed by atoms with Crippen LogP contribution in [0.4, 0.5) is 0 Å². The summed E-state index contributed by atoms with van der Waals surface area (Å²) in [4.78, 5) is 0. The molecule has 0 spiro atoms. The highest BCUT2D eigenvalue weighted by Gasteiger charge is 2.25. The van der Waals surface area contributed by atoms with Gasteiger partial charge in [-0.05, 0) is 20.8 Å². The lowest BCUT2D eigenvalue weighted by molar-refractivity contribution is 0.0769. The molecule has 1 aromatic heterocycles. The van der Waals surface area contributed by atoms with Crippen LogP contribution in [0.15, 0.2) is 15.6 Å². The summed E-state index contributed by atoms with van der Waals surface area (Å²) in [7, 11) is -3.34. The predicted molar refractivity (Wildman–Crippen MR) is 51.8 cm³/mol. The smallest absolute Gasteiger partial charge is 0.218 e. The minimum Gasteiger partial charge on any atom is -0.450 e. The molecule has 0 saturated carbocycles. The van der Waals surface area contributed by atoms with Crippen LogP contribution in [0.5, 0.6) is 0 Å². The van der Waals surface area contributed by atoms with Gasteiger partial charge in [0.2, 0.25) is 14.9 Å². The van der Waals surface area contributed by atoms with Crippen molar-refractivity contribution >= 4 is 9.84 Å². The Morgan fingerprint density at radius 1 is 1.43 bits per heavy atom. The van der Waals surface area contributed by atoms with Gasteiger partial charge in [-0.15, -0.1) is 0 Å². The molecular weight excluding hydrogens is 204 g/mol. The second-order valence-corrected chi connectivity index (χ2v) is 5.81. The lowest BCUT2D eigenvalue weighted by Gasteiger charge is -2.15. The third-order valence-corrected chi connectivity index (χ3v) is 2.85. The molecular formula is C9H14O4S. The molecule has 0 aliphatic rings. The van der Waals surface area contributed by atoms with Crippen molar-refractivity contribution in [3.8, 4) is 0 Å². The van der Waals surface area contributed by atoms with E-state index in [0.29, 0.717) is 11.3 Å². The van der Waals surface area contributed by atoms with Crippen molar-refractivity contribution in [1.82, 2.24) is 0 Å². The highest BCUT2D eigenvalue weighted by Crippen LogP contribution is 2.28. The number of furan rings is 1. The van der Waals surface area contributed by atoms with Crippen molar-refractivity contribution in [3.63, 3.8) is 0 Å². The van der Waals surface area contributed by atoms with Crippen molar-refractivity contribution in [2.75, 3.05) is 6.26 Å². The molecule has 0 fully saturated rings. The van der Waals surface area contributed by atoms with E-state index in [1.165, 1.54) is 6.07 Å². The molecule has 0 radical (unpaired) electrons. The fourth-order valence-electron chi connectivity index (χ4n) is 1.24. The van der Waals surface area contributed by atoms with Crippen LogP contribution in [-0.2, 0) is 15.4 Å². The van der Waals surface area contributed by atoms with Crippen molar-refractivity contribution in [2.45, 2.75) is 31.5 Å². The topological polar surface area (TPSA) is 67.5 Å². The molecule has 14 heavy (non-hydrogen) atoms. The number of sulfone groups is 1. The van der Waals surface area contributed by atoms with Gasteiger partial charge in [0.1, 0.15) is 5.76 Å². The van der Waals surface area contributed by atoms with Gasteiger partial charge in [0.05, 0.1) is 5.60 Å². The Labute approximate surface area is 83.5 Å². The molecule has 1 rings (SSSR count). The maximum atomic E-state index is 11.1. The normalized spacial score (nSPS) is 13.2. The Balaban J connectivity index is 3.33. The molecule has 0 bridgehead atoms. The largest absolute Gasteiger partial charge is 0.450 e. The van der Waals surface area contributed by atoms with Gasteiger partial charge >= 0.3 is 0 Å². The van der Waals surface area contributed by atoms with Crippen LogP contribution in [0.2, 0.25) is 0 Å². The zero-order valence-electron chi connectivity index (χ0n) is 8.66. The fourth-order valence-corrected chi connectivity index (χ4v) is 1.85. The molecule has 80 valence electrons. The zero-order chi connectivity index (χ0) is 11.1. The third kappa shape index (κ3) is 2.16. The van der Waals surface area contributed by atoms with Crippen molar-refractivity contribution in [2.24, 2.45) is 0 Å². The van der Waals surface area contributed by atoms with Gasteiger partial charge in [-0.2, -0.15) is 0 Å². The van der Waals surface area contributed by atoms with Gasteiger partial charge in [-0.25, -0.2) is 8.42 Å². The highest BCUT2D eigenvalue weighted by atomic mass is 32.2. The Bertz CT molecular complexity index is 434. The zero-order valence-corrected chi connectivity index (χ0v) is 9.47.